The molecule has 1 N–H and O–H groups in total. The van der Waals surface area contributed by atoms with Crippen LogP contribution in [0.3, 0.4) is 0 Å². The van der Waals surface area contributed by atoms with Gasteiger partial charge in [0.1, 0.15) is 0 Å². The molecule has 2 fully saturated rings. The van der Waals surface area contributed by atoms with Gasteiger partial charge in [0.2, 0.25) is 0 Å². The van der Waals surface area contributed by atoms with Gasteiger partial charge in [0.05, 0.1) is 6.54 Å². The maximum Gasteiger partial charge on any atom is 0.325 e. The Labute approximate surface area is 208 Å². The molecule has 0 saturated carbocycles. The summed E-state index contributed by atoms with van der Waals surface area (Å²) >= 11 is 1.54. The molecule has 0 unspecified atom stereocenters. The van der Waals surface area contributed by atoms with Gasteiger partial charge >= 0.3 is 6.03 Å². The van der Waals surface area contributed by atoms with Gasteiger partial charge in [0, 0.05) is 36.6 Å². The van der Waals surface area contributed by atoms with E-state index >= 15 is 0 Å². The number of aryl methyl sites for hydroxylation is 2. The Balaban J connectivity index is 1.41. The number of rotatable bonds is 5. The zero-order valence-corrected chi connectivity index (χ0v) is 20.7. The lowest BCUT2D eigenvalue weighted by Crippen LogP contribution is -2.54. The number of hydrogen-bond donors (Lipinski definition) is 1. The number of carbonyl (C=O) groups excluding carboxylic acids is 3. The lowest BCUT2D eigenvalue weighted by Gasteiger charge is -2.41. The van der Waals surface area contributed by atoms with Crippen LogP contribution in [0, 0.1) is 19.8 Å². The van der Waals surface area contributed by atoms with Gasteiger partial charge in [0.25, 0.3) is 11.8 Å². The molecule has 0 bridgehead atoms. The van der Waals surface area contributed by atoms with Crippen molar-refractivity contribution in [3.05, 3.63) is 87.4 Å². The quantitative estimate of drug-likeness (QED) is 0.544. The Hall–Kier alpha value is -3.52. The van der Waals surface area contributed by atoms with Crippen molar-refractivity contribution < 1.29 is 14.4 Å². The van der Waals surface area contributed by atoms with E-state index in [-0.39, 0.29) is 30.3 Å². The van der Waals surface area contributed by atoms with Gasteiger partial charge in [-0.25, -0.2) is 4.79 Å². The number of carbonyl (C=O) groups is 3. The number of aromatic nitrogens is 1. The van der Waals surface area contributed by atoms with Crippen molar-refractivity contribution in [3.8, 4) is 0 Å². The summed E-state index contributed by atoms with van der Waals surface area (Å²) in [5.41, 5.74) is 3.15. The summed E-state index contributed by atoms with van der Waals surface area (Å²) in [7, 11) is 0. The van der Waals surface area contributed by atoms with Crippen LogP contribution < -0.4 is 5.32 Å². The molecule has 4 heterocycles. The van der Waals surface area contributed by atoms with Gasteiger partial charge < -0.3 is 10.2 Å². The van der Waals surface area contributed by atoms with Crippen LogP contribution in [-0.2, 0) is 16.9 Å². The predicted molar refractivity (Wildman–Crippen MR) is 134 cm³/mol. The highest BCUT2D eigenvalue weighted by Gasteiger charge is 2.57. The monoisotopic (exact) mass is 488 g/mol. The molecule has 8 heteroatoms. The van der Waals surface area contributed by atoms with E-state index < -0.39 is 5.54 Å². The minimum absolute atomic E-state index is 0.0148. The Morgan fingerprint density at radius 2 is 1.97 bits per heavy atom. The van der Waals surface area contributed by atoms with Gasteiger partial charge in [0.15, 0.2) is 5.54 Å². The Kier molecular flexibility index (Phi) is 6.15. The number of piperidine rings is 1. The number of benzene rings is 1. The van der Waals surface area contributed by atoms with E-state index in [9.17, 15) is 14.4 Å². The molecule has 5 rings (SSSR count). The van der Waals surface area contributed by atoms with Gasteiger partial charge in [-0.3, -0.25) is 19.5 Å². The molecule has 0 radical (unpaired) electrons. The van der Waals surface area contributed by atoms with E-state index in [0.717, 1.165) is 22.3 Å². The van der Waals surface area contributed by atoms with E-state index in [1.54, 1.807) is 18.5 Å². The highest BCUT2D eigenvalue weighted by molar-refractivity contribution is 7.07. The first-order chi connectivity index (χ1) is 16.9. The van der Waals surface area contributed by atoms with Crippen molar-refractivity contribution in [1.29, 1.82) is 0 Å². The number of hydrogen-bond acceptors (Lipinski definition) is 5. The first kappa shape index (κ1) is 23.2. The first-order valence-electron chi connectivity index (χ1n) is 11.8. The van der Waals surface area contributed by atoms with Gasteiger partial charge in [-0.1, -0.05) is 23.8 Å². The topological polar surface area (TPSA) is 82.6 Å². The molecule has 7 nitrogen and oxygen atoms in total. The number of urea groups is 1. The van der Waals surface area contributed by atoms with Crippen LogP contribution in [0.2, 0.25) is 0 Å². The lowest BCUT2D eigenvalue weighted by molar-refractivity contribution is -0.134. The molecule has 2 aliphatic rings. The van der Waals surface area contributed by atoms with Crippen molar-refractivity contribution in [2.24, 2.45) is 5.92 Å². The minimum Gasteiger partial charge on any atom is -0.339 e. The summed E-state index contributed by atoms with van der Waals surface area (Å²) in [6.07, 6.45) is 4.53. The molecule has 35 heavy (non-hydrogen) atoms. The number of thiophene rings is 1. The molecule has 0 spiro atoms. The fourth-order valence-electron chi connectivity index (χ4n) is 5.26. The normalized spacial score (nSPS) is 20.9. The molecule has 1 aromatic carbocycles. The summed E-state index contributed by atoms with van der Waals surface area (Å²) in [5.74, 6) is -0.389. The Bertz CT molecular complexity index is 1250. The molecule has 2 aliphatic heterocycles. The molecule has 3 aromatic rings. The SMILES string of the molecule is Cc1ccc(C)c(C(=O)N2CCC([C@]3(c4cccnc4)NC(=O)N(Cc4ccsc4)C3=O)CC2)c1. The summed E-state index contributed by atoms with van der Waals surface area (Å²) in [4.78, 5) is 47.7. The van der Waals surface area contributed by atoms with Crippen LogP contribution in [0.5, 0.6) is 0 Å². The van der Waals surface area contributed by atoms with Gasteiger partial charge in [-0.2, -0.15) is 11.3 Å². The second kappa shape index (κ2) is 9.26. The molecule has 0 aliphatic carbocycles. The maximum atomic E-state index is 13.9. The van der Waals surface area contributed by atoms with Crippen LogP contribution in [0.15, 0.2) is 59.6 Å². The van der Waals surface area contributed by atoms with Crippen LogP contribution in [0.4, 0.5) is 4.79 Å². The molecule has 2 aromatic heterocycles. The average molecular weight is 489 g/mol. The molecule has 180 valence electrons. The molecule has 1 atom stereocenters. The lowest BCUT2D eigenvalue weighted by atomic mass is 9.73. The fraction of sp³-hybridized carbons (Fsp3) is 0.333. The highest BCUT2D eigenvalue weighted by Crippen LogP contribution is 2.42. The summed E-state index contributed by atoms with van der Waals surface area (Å²) < 4.78 is 0. The van der Waals surface area contributed by atoms with E-state index in [1.165, 1.54) is 16.2 Å². The standard InChI is InChI=1S/C27H28N4O3S/c1-18-5-6-19(2)23(14-18)24(32)30-11-7-21(8-12-30)27(22-4-3-10-28-15-22)25(33)31(26(34)29-27)16-20-9-13-35-17-20/h3-6,9-10,13-15,17,21H,7-8,11-12,16H2,1-2H3,(H,29,34)/t27-/m1/s1. The second-order valence-corrected chi connectivity index (χ2v) is 10.2. The van der Waals surface area contributed by atoms with Crippen LogP contribution in [-0.4, -0.2) is 45.7 Å². The van der Waals surface area contributed by atoms with Crippen LogP contribution in [0.25, 0.3) is 0 Å². The molecule has 4 amide bonds. The van der Waals surface area contributed by atoms with Crippen LogP contribution >= 0.6 is 11.3 Å². The number of amides is 4. The van der Waals surface area contributed by atoms with Crippen molar-refractivity contribution in [2.75, 3.05) is 13.1 Å². The Morgan fingerprint density at radius 3 is 2.66 bits per heavy atom. The van der Waals surface area contributed by atoms with Gasteiger partial charge in [-0.05, 0) is 72.7 Å². The smallest absolute Gasteiger partial charge is 0.325 e. The molecule has 2 saturated heterocycles. The van der Waals surface area contributed by atoms with E-state index in [2.05, 4.69) is 10.3 Å². The minimum atomic E-state index is -1.18. The zero-order chi connectivity index (χ0) is 24.6. The number of likely N-dealkylation sites (tertiary alicyclic amines) is 1. The Morgan fingerprint density at radius 1 is 1.17 bits per heavy atom. The van der Waals surface area contributed by atoms with Gasteiger partial charge in [-0.15, -0.1) is 0 Å². The second-order valence-electron chi connectivity index (χ2n) is 9.39. The van der Waals surface area contributed by atoms with E-state index in [1.807, 2.05) is 59.8 Å². The van der Waals surface area contributed by atoms with Crippen LogP contribution in [0.1, 0.15) is 45.5 Å². The predicted octanol–water partition coefficient (Wildman–Crippen LogP) is 4.26. The number of nitrogens with zero attached hydrogens (tertiary/aromatic N) is 3. The zero-order valence-electron chi connectivity index (χ0n) is 19.9. The molecular weight excluding hydrogens is 460 g/mol. The fourth-order valence-corrected chi connectivity index (χ4v) is 5.92. The molecular formula is C27H28N4O3S. The third-order valence-corrected chi connectivity index (χ3v) is 7.92. The average Bonchev–Trinajstić information content (AvgIpc) is 3.48. The largest absolute Gasteiger partial charge is 0.339 e. The summed E-state index contributed by atoms with van der Waals surface area (Å²) in [6, 6.07) is 11.1. The maximum absolute atomic E-state index is 13.9. The van der Waals surface area contributed by atoms with Crippen molar-refractivity contribution >= 4 is 29.2 Å². The first-order valence-corrected chi connectivity index (χ1v) is 12.8. The third-order valence-electron chi connectivity index (χ3n) is 7.19. The van der Waals surface area contributed by atoms with E-state index in [0.29, 0.717) is 31.5 Å². The number of nitrogens with one attached hydrogen (secondary N) is 1. The summed E-state index contributed by atoms with van der Waals surface area (Å²) in [5, 5.41) is 6.94. The van der Waals surface area contributed by atoms with E-state index in [4.69, 9.17) is 0 Å². The van der Waals surface area contributed by atoms with Crippen molar-refractivity contribution in [3.63, 3.8) is 0 Å². The highest BCUT2D eigenvalue weighted by atomic mass is 32.1. The number of imide groups is 1. The third kappa shape index (κ3) is 4.12. The van der Waals surface area contributed by atoms with Crippen molar-refractivity contribution in [1.82, 2.24) is 20.1 Å². The van der Waals surface area contributed by atoms with Crippen molar-refractivity contribution in [2.45, 2.75) is 38.8 Å². The summed E-state index contributed by atoms with van der Waals surface area (Å²) in [6.45, 7) is 5.21. The number of pyridine rings is 1.